The molecule has 0 bridgehead atoms. The molecule has 8 nitrogen and oxygen atoms in total. The molecule has 1 amide bonds. The summed E-state index contributed by atoms with van der Waals surface area (Å²) in [6.45, 7) is 1.07. The lowest BCUT2D eigenvalue weighted by Gasteiger charge is -2.29. The molecule has 1 saturated heterocycles. The molecule has 0 N–H and O–H groups in total. The molecule has 202 valence electrons. The molecule has 2 heterocycles. The number of hydrogen-bond donors (Lipinski definition) is 0. The van der Waals surface area contributed by atoms with Crippen molar-refractivity contribution in [2.75, 3.05) is 25.9 Å². The lowest BCUT2D eigenvalue weighted by Crippen LogP contribution is -2.35. The average Bonchev–Trinajstić information content (AvgIpc) is 3.47. The third-order valence-electron chi connectivity index (χ3n) is 6.77. The quantitative estimate of drug-likeness (QED) is 0.257. The zero-order valence-electron chi connectivity index (χ0n) is 21.6. The number of carbonyl (C=O) groups is 1. The number of benzene rings is 3. The number of piperidine rings is 1. The van der Waals surface area contributed by atoms with Crippen molar-refractivity contribution in [2.45, 2.75) is 35.4 Å². The van der Waals surface area contributed by atoms with E-state index < -0.39 is 10.0 Å². The fourth-order valence-electron chi connectivity index (χ4n) is 4.71. The molecule has 4 aromatic rings. The van der Waals surface area contributed by atoms with Crippen molar-refractivity contribution in [3.05, 3.63) is 96.1 Å². The van der Waals surface area contributed by atoms with E-state index in [4.69, 9.17) is 4.42 Å². The molecule has 5 rings (SSSR count). The van der Waals surface area contributed by atoms with Crippen LogP contribution in [0.15, 0.2) is 99.5 Å². The van der Waals surface area contributed by atoms with Crippen LogP contribution in [0.1, 0.15) is 36.4 Å². The summed E-state index contributed by atoms with van der Waals surface area (Å²) in [5, 5.41) is 8.43. The van der Waals surface area contributed by atoms with Crippen LogP contribution in [0.4, 0.5) is 0 Å². The Labute approximate surface area is 233 Å². The monoisotopic (exact) mass is 562 g/mol. The van der Waals surface area contributed by atoms with Crippen LogP contribution in [-0.2, 0) is 14.8 Å². The Kier molecular flexibility index (Phi) is 8.44. The minimum absolute atomic E-state index is 0.0907. The molecule has 1 aliphatic heterocycles. The molecule has 0 spiro atoms. The van der Waals surface area contributed by atoms with E-state index in [1.807, 2.05) is 60.7 Å². The van der Waals surface area contributed by atoms with E-state index in [1.165, 1.54) is 4.31 Å². The van der Waals surface area contributed by atoms with E-state index in [2.05, 4.69) is 10.2 Å². The first kappa shape index (κ1) is 27.1. The lowest BCUT2D eigenvalue weighted by molar-refractivity contribution is -0.128. The van der Waals surface area contributed by atoms with E-state index in [9.17, 15) is 13.2 Å². The van der Waals surface area contributed by atoms with E-state index >= 15 is 0 Å². The second kappa shape index (κ2) is 12.1. The van der Waals surface area contributed by atoms with Gasteiger partial charge in [-0.3, -0.25) is 4.79 Å². The SMILES string of the molecule is CN(C(=O)CSc1nnc(-c2cccc(S(=O)(=O)N3CCCCC3)c2)o1)C(c1ccccc1)c1ccccc1. The Morgan fingerprint density at radius 2 is 1.56 bits per heavy atom. The van der Waals surface area contributed by atoms with E-state index in [0.717, 1.165) is 42.2 Å². The second-order valence-corrected chi connectivity index (χ2v) is 12.2. The van der Waals surface area contributed by atoms with Crippen molar-refractivity contribution >= 4 is 27.7 Å². The summed E-state index contributed by atoms with van der Waals surface area (Å²) in [7, 11) is -1.79. The van der Waals surface area contributed by atoms with E-state index in [0.29, 0.717) is 18.7 Å². The lowest BCUT2D eigenvalue weighted by atomic mass is 9.97. The number of carbonyl (C=O) groups excluding carboxylic acids is 1. The van der Waals surface area contributed by atoms with Crippen LogP contribution in [0.3, 0.4) is 0 Å². The van der Waals surface area contributed by atoms with Gasteiger partial charge in [-0.1, -0.05) is 84.9 Å². The predicted octanol–water partition coefficient (Wildman–Crippen LogP) is 5.25. The van der Waals surface area contributed by atoms with Gasteiger partial charge in [0.15, 0.2) is 0 Å². The molecule has 1 aromatic heterocycles. The molecule has 0 saturated carbocycles. The molecule has 0 aliphatic carbocycles. The van der Waals surface area contributed by atoms with Gasteiger partial charge in [0.2, 0.25) is 21.8 Å². The second-order valence-electron chi connectivity index (χ2n) is 9.38. The fourth-order valence-corrected chi connectivity index (χ4v) is 6.96. The molecule has 3 aromatic carbocycles. The molecular weight excluding hydrogens is 532 g/mol. The van der Waals surface area contributed by atoms with Gasteiger partial charge in [-0.2, -0.15) is 4.31 Å². The van der Waals surface area contributed by atoms with Gasteiger partial charge in [0.05, 0.1) is 16.7 Å². The zero-order chi connectivity index (χ0) is 27.2. The maximum Gasteiger partial charge on any atom is 0.277 e. The Morgan fingerprint density at radius 3 is 2.21 bits per heavy atom. The highest BCUT2D eigenvalue weighted by atomic mass is 32.2. The summed E-state index contributed by atoms with van der Waals surface area (Å²) in [5.74, 6) is 0.227. The highest BCUT2D eigenvalue weighted by Crippen LogP contribution is 2.30. The maximum atomic E-state index is 13.2. The highest BCUT2D eigenvalue weighted by molar-refractivity contribution is 7.99. The third-order valence-corrected chi connectivity index (χ3v) is 9.47. The van der Waals surface area contributed by atoms with Crippen LogP contribution in [-0.4, -0.2) is 59.6 Å². The Morgan fingerprint density at radius 1 is 0.923 bits per heavy atom. The normalized spacial score (nSPS) is 14.4. The van der Waals surface area contributed by atoms with Gasteiger partial charge in [0.25, 0.3) is 5.22 Å². The van der Waals surface area contributed by atoms with Crippen molar-refractivity contribution in [1.82, 2.24) is 19.4 Å². The van der Waals surface area contributed by atoms with Crippen LogP contribution < -0.4 is 0 Å². The molecule has 0 unspecified atom stereocenters. The molecule has 0 radical (unpaired) electrons. The molecule has 0 atom stereocenters. The van der Waals surface area contributed by atoms with Crippen molar-refractivity contribution in [2.24, 2.45) is 0 Å². The molecule has 1 fully saturated rings. The van der Waals surface area contributed by atoms with Gasteiger partial charge in [0.1, 0.15) is 0 Å². The van der Waals surface area contributed by atoms with E-state index in [-0.39, 0.29) is 33.7 Å². The zero-order valence-corrected chi connectivity index (χ0v) is 23.3. The van der Waals surface area contributed by atoms with Gasteiger partial charge in [0, 0.05) is 25.7 Å². The third kappa shape index (κ3) is 6.24. The summed E-state index contributed by atoms with van der Waals surface area (Å²) in [4.78, 5) is 15.2. The summed E-state index contributed by atoms with van der Waals surface area (Å²) in [5.41, 5.74) is 2.55. The van der Waals surface area contributed by atoms with Crippen LogP contribution in [0.25, 0.3) is 11.5 Å². The summed E-state index contributed by atoms with van der Waals surface area (Å²) in [6.07, 6.45) is 2.79. The number of nitrogens with zero attached hydrogens (tertiary/aromatic N) is 4. The summed E-state index contributed by atoms with van der Waals surface area (Å²) in [6, 6.07) is 26.1. The van der Waals surface area contributed by atoms with Gasteiger partial charge in [-0.05, 0) is 42.2 Å². The number of sulfonamides is 1. The number of amides is 1. The predicted molar refractivity (Wildman–Crippen MR) is 151 cm³/mol. The van der Waals surface area contributed by atoms with E-state index in [1.54, 1.807) is 36.2 Å². The largest absolute Gasteiger partial charge is 0.411 e. The highest BCUT2D eigenvalue weighted by Gasteiger charge is 2.27. The first-order valence-corrected chi connectivity index (χ1v) is 15.3. The van der Waals surface area contributed by atoms with Crippen molar-refractivity contribution < 1.29 is 17.6 Å². The number of rotatable bonds is 9. The molecule has 10 heteroatoms. The fraction of sp³-hybridized carbons (Fsp3) is 0.276. The summed E-state index contributed by atoms with van der Waals surface area (Å²) < 4.78 is 33.5. The first-order chi connectivity index (χ1) is 18.9. The van der Waals surface area contributed by atoms with Crippen molar-refractivity contribution in [3.8, 4) is 11.5 Å². The Balaban J connectivity index is 1.28. The van der Waals surface area contributed by atoms with Gasteiger partial charge in [-0.15, -0.1) is 10.2 Å². The topological polar surface area (TPSA) is 96.6 Å². The Bertz CT molecular complexity index is 1470. The standard InChI is InChI=1S/C29H30N4O4S2/c1-32(27(22-12-5-2-6-13-22)23-14-7-3-8-15-23)26(34)21-38-29-31-30-28(37-29)24-16-11-17-25(20-24)39(35,36)33-18-9-4-10-19-33/h2-3,5-8,11-17,20,27H,4,9-10,18-19,21H2,1H3. The van der Waals surface area contributed by atoms with Gasteiger partial charge in [-0.25, -0.2) is 8.42 Å². The minimum Gasteiger partial charge on any atom is -0.411 e. The van der Waals surface area contributed by atoms with Crippen molar-refractivity contribution in [3.63, 3.8) is 0 Å². The van der Waals surface area contributed by atoms with Gasteiger partial charge < -0.3 is 9.32 Å². The van der Waals surface area contributed by atoms with Crippen LogP contribution >= 0.6 is 11.8 Å². The average molecular weight is 563 g/mol. The maximum absolute atomic E-state index is 13.2. The van der Waals surface area contributed by atoms with Crippen LogP contribution in [0.5, 0.6) is 0 Å². The molecular formula is C29H30N4O4S2. The minimum atomic E-state index is -3.58. The van der Waals surface area contributed by atoms with Crippen LogP contribution in [0.2, 0.25) is 0 Å². The smallest absolute Gasteiger partial charge is 0.277 e. The first-order valence-electron chi connectivity index (χ1n) is 12.9. The van der Waals surface area contributed by atoms with Gasteiger partial charge >= 0.3 is 0 Å². The number of thioether (sulfide) groups is 1. The Hall–Kier alpha value is -3.47. The molecule has 1 aliphatic rings. The van der Waals surface area contributed by atoms with Crippen molar-refractivity contribution in [1.29, 1.82) is 0 Å². The number of hydrogen-bond acceptors (Lipinski definition) is 7. The number of aromatic nitrogens is 2. The van der Waals surface area contributed by atoms with Crippen LogP contribution in [0, 0.1) is 0 Å². The summed E-state index contributed by atoms with van der Waals surface area (Å²) >= 11 is 1.15. The molecule has 39 heavy (non-hydrogen) atoms.